The standard InChI is InChI=1S/C27H45N3O5/c1-10-18(4)23(20(35-9)16-21(31)32)30(8)26(34)22(17(2)3)29-25(33)24(28-7)27(5,6)19-14-12-11-13-15-19/h11-15,17-18,20,22-24,28H,10,16H2,1-9H3,(H,29,33)(H,31,32)/t18-,20+,22?,23-,24?/m0/s1. The van der Waals surface area contributed by atoms with Crippen LogP contribution in [-0.2, 0) is 24.5 Å². The summed E-state index contributed by atoms with van der Waals surface area (Å²) in [5.74, 6) is -1.70. The fourth-order valence-electron chi connectivity index (χ4n) is 4.73. The van der Waals surface area contributed by atoms with E-state index in [1.807, 2.05) is 71.9 Å². The fraction of sp³-hybridized carbons (Fsp3) is 0.667. The lowest BCUT2D eigenvalue weighted by Crippen LogP contribution is -2.61. The molecule has 5 atom stereocenters. The number of hydrogen-bond acceptors (Lipinski definition) is 5. The number of likely N-dealkylation sites (N-methyl/N-ethyl adjacent to an activating group) is 2. The molecule has 8 heteroatoms. The van der Waals surface area contributed by atoms with Gasteiger partial charge >= 0.3 is 5.97 Å². The molecule has 0 fully saturated rings. The van der Waals surface area contributed by atoms with E-state index in [0.29, 0.717) is 0 Å². The second-order valence-electron chi connectivity index (χ2n) is 10.2. The van der Waals surface area contributed by atoms with E-state index in [9.17, 15) is 19.5 Å². The number of carboxylic acids is 1. The molecule has 0 heterocycles. The molecule has 8 nitrogen and oxygen atoms in total. The van der Waals surface area contributed by atoms with Gasteiger partial charge in [0.2, 0.25) is 11.8 Å². The number of nitrogens with zero attached hydrogens (tertiary/aromatic N) is 1. The minimum absolute atomic E-state index is 0.00108. The van der Waals surface area contributed by atoms with Crippen LogP contribution in [0.3, 0.4) is 0 Å². The van der Waals surface area contributed by atoms with Crippen molar-refractivity contribution in [3.05, 3.63) is 35.9 Å². The van der Waals surface area contributed by atoms with Gasteiger partial charge in [0.1, 0.15) is 6.04 Å². The molecule has 0 spiro atoms. The van der Waals surface area contributed by atoms with Gasteiger partial charge in [-0.3, -0.25) is 14.4 Å². The van der Waals surface area contributed by atoms with E-state index in [0.717, 1.165) is 12.0 Å². The molecule has 1 rings (SSSR count). The number of amides is 2. The first kappa shape index (κ1) is 30.6. The Morgan fingerprint density at radius 1 is 1.11 bits per heavy atom. The molecule has 1 aromatic rings. The number of carbonyl (C=O) groups excluding carboxylic acids is 2. The summed E-state index contributed by atoms with van der Waals surface area (Å²) in [4.78, 5) is 40.2. The summed E-state index contributed by atoms with van der Waals surface area (Å²) >= 11 is 0. The molecule has 0 aliphatic carbocycles. The highest BCUT2D eigenvalue weighted by atomic mass is 16.5. The number of methoxy groups -OCH3 is 1. The summed E-state index contributed by atoms with van der Waals surface area (Å²) in [5, 5.41) is 15.5. The van der Waals surface area contributed by atoms with Gasteiger partial charge < -0.3 is 25.4 Å². The molecule has 0 aliphatic rings. The predicted octanol–water partition coefficient (Wildman–Crippen LogP) is 3.06. The number of carbonyl (C=O) groups is 3. The van der Waals surface area contributed by atoms with E-state index in [1.54, 1.807) is 19.0 Å². The Bertz CT molecular complexity index is 827. The Morgan fingerprint density at radius 3 is 2.11 bits per heavy atom. The smallest absolute Gasteiger partial charge is 0.306 e. The maximum atomic E-state index is 13.7. The van der Waals surface area contributed by atoms with Crippen molar-refractivity contribution in [2.75, 3.05) is 21.2 Å². The molecule has 0 saturated heterocycles. The lowest BCUT2D eigenvalue weighted by Gasteiger charge is -2.40. The number of carboxylic acid groups (broad SMARTS) is 1. The summed E-state index contributed by atoms with van der Waals surface area (Å²) in [6.07, 6.45) is -0.135. The van der Waals surface area contributed by atoms with Crippen LogP contribution in [0.1, 0.15) is 59.9 Å². The van der Waals surface area contributed by atoms with Gasteiger partial charge in [-0.05, 0) is 24.4 Å². The molecule has 3 N–H and O–H groups in total. The third-order valence-corrected chi connectivity index (χ3v) is 7.10. The third-order valence-electron chi connectivity index (χ3n) is 7.10. The molecule has 0 bridgehead atoms. The molecule has 1 aromatic carbocycles. The first-order chi connectivity index (χ1) is 16.3. The number of nitrogens with one attached hydrogen (secondary N) is 2. The Morgan fingerprint density at radius 2 is 1.69 bits per heavy atom. The highest BCUT2D eigenvalue weighted by Crippen LogP contribution is 2.28. The molecule has 0 radical (unpaired) electrons. The molecular weight excluding hydrogens is 446 g/mol. The van der Waals surface area contributed by atoms with Crippen molar-refractivity contribution in [3.63, 3.8) is 0 Å². The maximum Gasteiger partial charge on any atom is 0.306 e. The van der Waals surface area contributed by atoms with Crippen LogP contribution < -0.4 is 10.6 Å². The average molecular weight is 492 g/mol. The zero-order chi connectivity index (χ0) is 26.9. The summed E-state index contributed by atoms with van der Waals surface area (Å²) < 4.78 is 5.52. The van der Waals surface area contributed by atoms with Crippen LogP contribution in [0, 0.1) is 11.8 Å². The van der Waals surface area contributed by atoms with Crippen molar-refractivity contribution in [2.45, 2.75) is 84.0 Å². The summed E-state index contributed by atoms with van der Waals surface area (Å²) in [5.41, 5.74) is 0.478. The fourth-order valence-corrected chi connectivity index (χ4v) is 4.73. The van der Waals surface area contributed by atoms with E-state index in [1.165, 1.54) is 7.11 Å². The van der Waals surface area contributed by atoms with Crippen LogP contribution in [0.2, 0.25) is 0 Å². The van der Waals surface area contributed by atoms with Gasteiger partial charge in [0.25, 0.3) is 0 Å². The molecule has 198 valence electrons. The van der Waals surface area contributed by atoms with E-state index in [-0.39, 0.29) is 30.1 Å². The van der Waals surface area contributed by atoms with Gasteiger partial charge in [0.05, 0.1) is 24.6 Å². The van der Waals surface area contributed by atoms with Crippen molar-refractivity contribution in [1.82, 2.24) is 15.5 Å². The van der Waals surface area contributed by atoms with Gasteiger partial charge in [0, 0.05) is 19.6 Å². The highest BCUT2D eigenvalue weighted by Gasteiger charge is 2.40. The topological polar surface area (TPSA) is 108 Å². The van der Waals surface area contributed by atoms with Crippen molar-refractivity contribution >= 4 is 17.8 Å². The van der Waals surface area contributed by atoms with Gasteiger partial charge in [-0.15, -0.1) is 0 Å². The molecule has 0 saturated carbocycles. The van der Waals surface area contributed by atoms with Crippen LogP contribution in [0.25, 0.3) is 0 Å². The normalized spacial score (nSPS) is 16.2. The van der Waals surface area contributed by atoms with Crippen molar-refractivity contribution in [1.29, 1.82) is 0 Å². The summed E-state index contributed by atoms with van der Waals surface area (Å²) in [7, 11) is 4.87. The largest absolute Gasteiger partial charge is 0.481 e. The lowest BCUT2D eigenvalue weighted by molar-refractivity contribution is -0.148. The Kier molecular flexibility index (Phi) is 11.9. The Balaban J connectivity index is 3.23. The Hall–Kier alpha value is -2.45. The van der Waals surface area contributed by atoms with E-state index in [4.69, 9.17) is 4.74 Å². The number of aliphatic carboxylic acids is 1. The Labute approximate surface area is 210 Å². The van der Waals surface area contributed by atoms with Gasteiger partial charge in [-0.1, -0.05) is 78.3 Å². The molecule has 35 heavy (non-hydrogen) atoms. The number of rotatable bonds is 14. The number of hydrogen-bond donors (Lipinski definition) is 3. The van der Waals surface area contributed by atoms with Crippen LogP contribution in [-0.4, -0.2) is 73.2 Å². The number of benzene rings is 1. The zero-order valence-corrected chi connectivity index (χ0v) is 22.8. The summed E-state index contributed by atoms with van der Waals surface area (Å²) in [6, 6.07) is 7.99. The molecule has 2 amide bonds. The van der Waals surface area contributed by atoms with Gasteiger partial charge in [0.15, 0.2) is 0 Å². The minimum atomic E-state index is -0.986. The third kappa shape index (κ3) is 7.77. The lowest BCUT2D eigenvalue weighted by atomic mass is 9.77. The highest BCUT2D eigenvalue weighted by molar-refractivity contribution is 5.91. The van der Waals surface area contributed by atoms with Crippen molar-refractivity contribution < 1.29 is 24.2 Å². The van der Waals surface area contributed by atoms with Gasteiger partial charge in [-0.25, -0.2) is 0 Å². The van der Waals surface area contributed by atoms with Gasteiger partial charge in [-0.2, -0.15) is 0 Å². The first-order valence-electron chi connectivity index (χ1n) is 12.4. The van der Waals surface area contributed by atoms with Crippen LogP contribution in [0.5, 0.6) is 0 Å². The van der Waals surface area contributed by atoms with Crippen molar-refractivity contribution in [2.24, 2.45) is 11.8 Å². The SMILES string of the molecule is CC[C@H](C)[C@@H]([C@@H](CC(=O)O)OC)N(C)C(=O)C(NC(=O)C(NC)C(C)(C)c1ccccc1)C(C)C. The molecule has 2 unspecified atom stereocenters. The van der Waals surface area contributed by atoms with Crippen molar-refractivity contribution in [3.8, 4) is 0 Å². The van der Waals surface area contributed by atoms with E-state index >= 15 is 0 Å². The average Bonchev–Trinajstić information content (AvgIpc) is 2.81. The second-order valence-corrected chi connectivity index (χ2v) is 10.2. The van der Waals surface area contributed by atoms with E-state index in [2.05, 4.69) is 10.6 Å². The quantitative estimate of drug-likeness (QED) is 0.369. The molecule has 0 aliphatic heterocycles. The van der Waals surface area contributed by atoms with E-state index < -0.39 is 35.6 Å². The number of ether oxygens (including phenoxy) is 1. The maximum absolute atomic E-state index is 13.7. The molecule has 0 aromatic heterocycles. The monoisotopic (exact) mass is 491 g/mol. The predicted molar refractivity (Wildman–Crippen MR) is 138 cm³/mol. The minimum Gasteiger partial charge on any atom is -0.481 e. The van der Waals surface area contributed by atoms with Crippen LogP contribution in [0.15, 0.2) is 30.3 Å². The van der Waals surface area contributed by atoms with Crippen LogP contribution >= 0.6 is 0 Å². The molecular formula is C27H45N3O5. The first-order valence-corrected chi connectivity index (χ1v) is 12.4. The summed E-state index contributed by atoms with van der Waals surface area (Å²) in [6.45, 7) is 11.7. The second kappa shape index (κ2) is 13.6. The van der Waals surface area contributed by atoms with Crippen LogP contribution in [0.4, 0.5) is 0 Å². The zero-order valence-electron chi connectivity index (χ0n) is 22.8.